The molecule has 0 aliphatic carbocycles. The van der Waals surface area contributed by atoms with E-state index < -0.39 is 0 Å². The monoisotopic (exact) mass is 546 g/mol. The van der Waals surface area contributed by atoms with Gasteiger partial charge in [-0.3, -0.25) is 9.58 Å². The number of hydrogen-bond donors (Lipinski definition) is 2. The number of amides is 2. The SMILES string of the molecule is CN1CCN(CCOc2ccc(NC(=O)Nc3ccc(Cl)cc3)cc2-c2c(Br)cnn2C)CC1. The number of benzene rings is 2. The first kappa shape index (κ1) is 24.5. The van der Waals surface area contributed by atoms with E-state index in [1.54, 1.807) is 35.1 Å². The molecule has 10 heteroatoms. The normalized spacial score (nSPS) is 14.7. The summed E-state index contributed by atoms with van der Waals surface area (Å²) >= 11 is 9.50. The molecule has 0 radical (unpaired) electrons. The zero-order valence-corrected chi connectivity index (χ0v) is 21.6. The highest BCUT2D eigenvalue weighted by Crippen LogP contribution is 2.36. The molecule has 0 unspecified atom stereocenters. The number of aryl methyl sites for hydroxylation is 1. The number of carbonyl (C=O) groups excluding carboxylic acids is 1. The highest BCUT2D eigenvalue weighted by molar-refractivity contribution is 9.10. The van der Waals surface area contributed by atoms with Gasteiger partial charge in [-0.1, -0.05) is 11.6 Å². The van der Waals surface area contributed by atoms with Crippen molar-refractivity contribution in [2.45, 2.75) is 0 Å². The Morgan fingerprint density at radius 2 is 1.74 bits per heavy atom. The molecule has 34 heavy (non-hydrogen) atoms. The van der Waals surface area contributed by atoms with Crippen LogP contribution in [0.25, 0.3) is 11.3 Å². The van der Waals surface area contributed by atoms with Gasteiger partial charge in [0.05, 0.1) is 16.4 Å². The van der Waals surface area contributed by atoms with Gasteiger partial charge in [-0.05, 0) is 65.4 Å². The summed E-state index contributed by atoms with van der Waals surface area (Å²) in [5.41, 5.74) is 3.01. The van der Waals surface area contributed by atoms with Gasteiger partial charge in [0.1, 0.15) is 12.4 Å². The van der Waals surface area contributed by atoms with Gasteiger partial charge in [0.2, 0.25) is 0 Å². The number of carbonyl (C=O) groups is 1. The zero-order chi connectivity index (χ0) is 24.1. The lowest BCUT2D eigenvalue weighted by Crippen LogP contribution is -2.45. The molecule has 2 heterocycles. The molecule has 0 spiro atoms. The number of hydrogen-bond acceptors (Lipinski definition) is 5. The molecular weight excluding hydrogens is 520 g/mol. The number of nitrogens with zero attached hydrogens (tertiary/aromatic N) is 4. The molecule has 2 N–H and O–H groups in total. The molecule has 8 nitrogen and oxygen atoms in total. The van der Waals surface area contributed by atoms with E-state index in [-0.39, 0.29) is 6.03 Å². The van der Waals surface area contributed by atoms with Crippen molar-refractivity contribution in [2.75, 3.05) is 57.0 Å². The van der Waals surface area contributed by atoms with Crippen molar-refractivity contribution in [3.05, 3.63) is 58.2 Å². The van der Waals surface area contributed by atoms with Crippen LogP contribution in [0.2, 0.25) is 5.02 Å². The Kier molecular flexibility index (Phi) is 8.10. The molecule has 2 amide bonds. The number of nitrogens with one attached hydrogen (secondary N) is 2. The van der Waals surface area contributed by atoms with Crippen molar-refractivity contribution in [2.24, 2.45) is 7.05 Å². The van der Waals surface area contributed by atoms with E-state index in [0.717, 1.165) is 54.2 Å². The second kappa shape index (κ2) is 11.2. The minimum atomic E-state index is -0.346. The van der Waals surface area contributed by atoms with Crippen molar-refractivity contribution < 1.29 is 9.53 Å². The van der Waals surface area contributed by atoms with Gasteiger partial charge >= 0.3 is 6.03 Å². The van der Waals surface area contributed by atoms with E-state index in [1.807, 2.05) is 25.2 Å². The maximum Gasteiger partial charge on any atom is 0.323 e. The van der Waals surface area contributed by atoms with Crippen molar-refractivity contribution in [1.29, 1.82) is 0 Å². The fraction of sp³-hybridized carbons (Fsp3) is 0.333. The smallest absolute Gasteiger partial charge is 0.323 e. The van der Waals surface area contributed by atoms with Gasteiger partial charge in [0.25, 0.3) is 0 Å². The van der Waals surface area contributed by atoms with Crippen LogP contribution in [-0.2, 0) is 7.05 Å². The third-order valence-corrected chi connectivity index (χ3v) is 6.58. The van der Waals surface area contributed by atoms with E-state index in [4.69, 9.17) is 16.3 Å². The van der Waals surface area contributed by atoms with E-state index in [1.165, 1.54) is 0 Å². The standard InChI is InChI=1S/C24H28BrClN6O2/c1-30-9-11-32(12-10-30)13-14-34-22-8-7-19(15-20(22)23-21(25)16-27-31(23)2)29-24(33)28-18-5-3-17(26)4-6-18/h3-8,15-16H,9-14H2,1-2H3,(H2,28,29,33). The third kappa shape index (κ3) is 6.29. The molecule has 180 valence electrons. The van der Waals surface area contributed by atoms with Crippen molar-refractivity contribution in [1.82, 2.24) is 19.6 Å². The molecular formula is C24H28BrClN6O2. The number of halogens is 2. The Hall–Kier alpha value is -2.59. The van der Waals surface area contributed by atoms with Gasteiger partial charge in [0, 0.05) is 61.7 Å². The molecule has 3 aromatic rings. The summed E-state index contributed by atoms with van der Waals surface area (Å²) in [6.45, 7) is 5.69. The average Bonchev–Trinajstić information content (AvgIpc) is 3.15. The van der Waals surface area contributed by atoms with E-state index in [9.17, 15) is 4.79 Å². The van der Waals surface area contributed by atoms with Crippen LogP contribution in [-0.4, -0.2) is 72.0 Å². The lowest BCUT2D eigenvalue weighted by molar-refractivity contribution is 0.134. The predicted molar refractivity (Wildman–Crippen MR) is 140 cm³/mol. The van der Waals surface area contributed by atoms with Crippen LogP contribution in [0.4, 0.5) is 16.2 Å². The van der Waals surface area contributed by atoms with Crippen molar-refractivity contribution in [3.63, 3.8) is 0 Å². The molecule has 0 atom stereocenters. The van der Waals surface area contributed by atoms with E-state index >= 15 is 0 Å². The number of anilines is 2. The number of urea groups is 1. The van der Waals surface area contributed by atoms with Crippen molar-refractivity contribution in [3.8, 4) is 17.0 Å². The molecule has 0 saturated carbocycles. The fourth-order valence-corrected chi connectivity index (χ4v) is 4.50. The molecule has 0 bridgehead atoms. The van der Waals surface area contributed by atoms with Gasteiger partial charge in [-0.25, -0.2) is 4.79 Å². The Morgan fingerprint density at radius 1 is 1.06 bits per heavy atom. The van der Waals surface area contributed by atoms with Crippen LogP contribution in [0, 0.1) is 0 Å². The number of ether oxygens (including phenoxy) is 1. The van der Waals surface area contributed by atoms with Crippen molar-refractivity contribution >= 4 is 44.9 Å². The lowest BCUT2D eigenvalue weighted by atomic mass is 10.1. The molecule has 1 aromatic heterocycles. The Morgan fingerprint density at radius 3 is 2.41 bits per heavy atom. The van der Waals surface area contributed by atoms with Gasteiger partial charge in [0.15, 0.2) is 0 Å². The van der Waals surface area contributed by atoms with Crippen LogP contribution >= 0.6 is 27.5 Å². The highest BCUT2D eigenvalue weighted by atomic mass is 79.9. The topological polar surface area (TPSA) is 74.7 Å². The van der Waals surface area contributed by atoms with E-state index in [2.05, 4.69) is 48.5 Å². The summed E-state index contributed by atoms with van der Waals surface area (Å²) < 4.78 is 8.84. The first-order chi connectivity index (χ1) is 16.4. The fourth-order valence-electron chi connectivity index (χ4n) is 3.82. The van der Waals surface area contributed by atoms with Crippen LogP contribution in [0.15, 0.2) is 53.1 Å². The zero-order valence-electron chi connectivity index (χ0n) is 19.2. The first-order valence-corrected chi connectivity index (χ1v) is 12.3. The third-order valence-electron chi connectivity index (χ3n) is 5.75. The average molecular weight is 548 g/mol. The molecule has 1 fully saturated rings. The van der Waals surface area contributed by atoms with E-state index in [0.29, 0.717) is 23.0 Å². The van der Waals surface area contributed by atoms with Gasteiger partial charge in [-0.2, -0.15) is 5.10 Å². The van der Waals surface area contributed by atoms with Crippen LogP contribution in [0.1, 0.15) is 0 Å². The summed E-state index contributed by atoms with van der Waals surface area (Å²) in [4.78, 5) is 17.3. The second-order valence-electron chi connectivity index (χ2n) is 8.26. The maximum atomic E-state index is 12.5. The van der Waals surface area contributed by atoms with Gasteiger partial charge in [-0.15, -0.1) is 0 Å². The minimum absolute atomic E-state index is 0.346. The highest BCUT2D eigenvalue weighted by Gasteiger charge is 2.18. The summed E-state index contributed by atoms with van der Waals surface area (Å²) in [7, 11) is 4.03. The summed E-state index contributed by atoms with van der Waals surface area (Å²) in [5, 5.41) is 10.6. The van der Waals surface area contributed by atoms with Crippen LogP contribution in [0.3, 0.4) is 0 Å². The number of likely N-dealkylation sites (N-methyl/N-ethyl adjacent to an activating group) is 1. The largest absolute Gasteiger partial charge is 0.492 e. The molecule has 1 aliphatic heterocycles. The first-order valence-electron chi connectivity index (χ1n) is 11.1. The molecule has 4 rings (SSSR count). The minimum Gasteiger partial charge on any atom is -0.492 e. The summed E-state index contributed by atoms with van der Waals surface area (Å²) in [5.74, 6) is 0.738. The predicted octanol–water partition coefficient (Wildman–Crippen LogP) is 4.77. The number of piperazine rings is 1. The maximum absolute atomic E-state index is 12.5. The summed E-state index contributed by atoms with van der Waals surface area (Å²) in [6.07, 6.45) is 1.75. The van der Waals surface area contributed by atoms with Crippen LogP contribution < -0.4 is 15.4 Å². The Bertz CT molecular complexity index is 1110. The van der Waals surface area contributed by atoms with Crippen LogP contribution in [0.5, 0.6) is 5.75 Å². The van der Waals surface area contributed by atoms with Gasteiger partial charge < -0.3 is 20.3 Å². The summed E-state index contributed by atoms with van der Waals surface area (Å²) in [6, 6.07) is 12.2. The number of aromatic nitrogens is 2. The quantitative estimate of drug-likeness (QED) is 0.446. The molecule has 2 aromatic carbocycles. The number of rotatable bonds is 7. The molecule has 1 saturated heterocycles. The molecule has 1 aliphatic rings. The lowest BCUT2D eigenvalue weighted by Gasteiger charge is -2.32. The Labute approximate surface area is 212 Å². The second-order valence-corrected chi connectivity index (χ2v) is 9.55. The Balaban J connectivity index is 1.48.